The van der Waals surface area contributed by atoms with E-state index in [2.05, 4.69) is 4.72 Å². The smallest absolute Gasteiger partial charge is 0.243 e. The fourth-order valence-electron chi connectivity index (χ4n) is 2.20. The molecule has 0 saturated heterocycles. The van der Waals surface area contributed by atoms with Crippen LogP contribution in [0.2, 0.25) is 0 Å². The Morgan fingerprint density at radius 1 is 1.43 bits per heavy atom. The minimum atomic E-state index is -3.88. The maximum Gasteiger partial charge on any atom is 0.243 e. The molecule has 0 unspecified atom stereocenters. The van der Waals surface area contributed by atoms with Gasteiger partial charge in [-0.15, -0.1) is 0 Å². The van der Waals surface area contributed by atoms with Gasteiger partial charge in [-0.1, -0.05) is 6.07 Å². The summed E-state index contributed by atoms with van der Waals surface area (Å²) in [7, 11) is -2.27. The summed E-state index contributed by atoms with van der Waals surface area (Å²) >= 11 is 0. The number of sulfonamides is 1. The van der Waals surface area contributed by atoms with Crippen molar-refractivity contribution in [2.24, 2.45) is 5.41 Å². The second-order valence-corrected chi connectivity index (χ2v) is 7.23. The van der Waals surface area contributed by atoms with Crippen LogP contribution in [-0.2, 0) is 21.4 Å². The Bertz CT molecular complexity index is 599. The highest BCUT2D eigenvalue weighted by Crippen LogP contribution is 2.48. The third-order valence-electron chi connectivity index (χ3n) is 3.90. The highest BCUT2D eigenvalue weighted by atomic mass is 32.2. The summed E-state index contributed by atoms with van der Waals surface area (Å²) in [4.78, 5) is -0.387. The van der Waals surface area contributed by atoms with Crippen molar-refractivity contribution in [1.82, 2.24) is 4.72 Å². The molecule has 1 aliphatic carbocycles. The molecule has 5 nitrogen and oxygen atoms in total. The zero-order valence-corrected chi connectivity index (χ0v) is 12.7. The largest absolute Gasteiger partial charge is 0.392 e. The van der Waals surface area contributed by atoms with Gasteiger partial charge in [0.05, 0.1) is 6.61 Å². The molecular formula is C14H20FNO4S. The predicted octanol–water partition coefficient (Wildman–Crippen LogP) is 1.41. The van der Waals surface area contributed by atoms with Gasteiger partial charge in [-0.2, -0.15) is 0 Å². The summed E-state index contributed by atoms with van der Waals surface area (Å²) in [6.45, 7) is 0.548. The lowest BCUT2D eigenvalue weighted by atomic mass is 10.0. The first-order valence-corrected chi connectivity index (χ1v) is 8.29. The first-order valence-electron chi connectivity index (χ1n) is 6.80. The van der Waals surface area contributed by atoms with E-state index in [1.165, 1.54) is 12.1 Å². The second-order valence-electron chi connectivity index (χ2n) is 5.49. The molecule has 0 atom stereocenters. The zero-order chi connectivity index (χ0) is 15.5. The molecule has 1 aromatic carbocycles. The molecule has 0 amide bonds. The van der Waals surface area contributed by atoms with E-state index in [-0.39, 0.29) is 16.9 Å². The van der Waals surface area contributed by atoms with Crippen molar-refractivity contribution in [2.75, 3.05) is 20.3 Å². The molecule has 0 aromatic heterocycles. The number of aliphatic hydroxyl groups is 1. The number of rotatable bonds is 8. The molecule has 0 bridgehead atoms. The van der Waals surface area contributed by atoms with Crippen LogP contribution in [-0.4, -0.2) is 33.8 Å². The number of hydrogen-bond acceptors (Lipinski definition) is 4. The van der Waals surface area contributed by atoms with Crippen LogP contribution in [0.15, 0.2) is 23.1 Å². The van der Waals surface area contributed by atoms with Crippen molar-refractivity contribution in [1.29, 1.82) is 0 Å². The summed E-state index contributed by atoms with van der Waals surface area (Å²) in [5.41, 5.74) is 0.287. The van der Waals surface area contributed by atoms with Gasteiger partial charge in [-0.3, -0.25) is 0 Å². The maximum absolute atomic E-state index is 13.8. The van der Waals surface area contributed by atoms with Crippen LogP contribution in [0.4, 0.5) is 4.39 Å². The van der Waals surface area contributed by atoms with Crippen LogP contribution in [0.1, 0.15) is 24.8 Å². The van der Waals surface area contributed by atoms with Crippen LogP contribution >= 0.6 is 0 Å². The minimum absolute atomic E-state index is 0.0510. The Morgan fingerprint density at radius 2 is 2.14 bits per heavy atom. The molecule has 2 N–H and O–H groups in total. The van der Waals surface area contributed by atoms with E-state index < -0.39 is 15.8 Å². The van der Waals surface area contributed by atoms with Crippen LogP contribution < -0.4 is 4.72 Å². The fourth-order valence-corrected chi connectivity index (χ4v) is 3.41. The van der Waals surface area contributed by atoms with E-state index in [9.17, 15) is 12.8 Å². The summed E-state index contributed by atoms with van der Waals surface area (Å²) < 4.78 is 45.6. The number of halogens is 1. The van der Waals surface area contributed by atoms with E-state index in [0.717, 1.165) is 25.3 Å². The van der Waals surface area contributed by atoms with Gasteiger partial charge in [0, 0.05) is 20.3 Å². The topological polar surface area (TPSA) is 75.6 Å². The first-order chi connectivity index (χ1) is 9.92. The van der Waals surface area contributed by atoms with Crippen molar-refractivity contribution < 1.29 is 22.7 Å². The number of aliphatic hydroxyl groups excluding tert-OH is 1. The molecule has 7 heteroatoms. The van der Waals surface area contributed by atoms with Crippen molar-refractivity contribution >= 4 is 10.0 Å². The Morgan fingerprint density at radius 3 is 2.67 bits per heavy atom. The van der Waals surface area contributed by atoms with Gasteiger partial charge in [0.1, 0.15) is 10.7 Å². The van der Waals surface area contributed by atoms with Crippen molar-refractivity contribution in [3.63, 3.8) is 0 Å². The lowest BCUT2D eigenvalue weighted by molar-refractivity contribution is 0.173. The van der Waals surface area contributed by atoms with Crippen LogP contribution in [0.3, 0.4) is 0 Å². The van der Waals surface area contributed by atoms with E-state index in [0.29, 0.717) is 18.7 Å². The Balaban J connectivity index is 2.05. The molecule has 118 valence electrons. The third kappa shape index (κ3) is 4.00. The third-order valence-corrected chi connectivity index (χ3v) is 5.33. The van der Waals surface area contributed by atoms with E-state index in [1.807, 2.05) is 0 Å². The lowest BCUT2D eigenvalue weighted by Gasteiger charge is -2.16. The van der Waals surface area contributed by atoms with E-state index in [4.69, 9.17) is 9.84 Å². The van der Waals surface area contributed by atoms with Crippen LogP contribution in [0, 0.1) is 11.2 Å². The van der Waals surface area contributed by atoms with Gasteiger partial charge < -0.3 is 9.84 Å². The summed E-state index contributed by atoms with van der Waals surface area (Å²) in [6, 6.07) is 3.61. The number of nitrogens with one attached hydrogen (secondary N) is 1. The van der Waals surface area contributed by atoms with Gasteiger partial charge in [0.15, 0.2) is 0 Å². The highest BCUT2D eigenvalue weighted by Gasteiger charge is 2.42. The molecule has 1 aliphatic rings. The van der Waals surface area contributed by atoms with Gasteiger partial charge in [0.2, 0.25) is 10.0 Å². The van der Waals surface area contributed by atoms with Gasteiger partial charge in [-0.25, -0.2) is 17.5 Å². The number of benzene rings is 1. The number of methoxy groups -OCH3 is 1. The van der Waals surface area contributed by atoms with Gasteiger partial charge in [-0.05, 0) is 42.4 Å². The predicted molar refractivity (Wildman–Crippen MR) is 75.7 cm³/mol. The second kappa shape index (κ2) is 6.39. The highest BCUT2D eigenvalue weighted by molar-refractivity contribution is 7.89. The summed E-state index contributed by atoms with van der Waals surface area (Å²) in [6.07, 6.45) is 2.69. The summed E-state index contributed by atoms with van der Waals surface area (Å²) in [5.74, 6) is -0.851. The van der Waals surface area contributed by atoms with Crippen molar-refractivity contribution in [2.45, 2.75) is 30.8 Å². The van der Waals surface area contributed by atoms with Gasteiger partial charge in [0.25, 0.3) is 0 Å². The molecule has 1 aromatic rings. The molecule has 1 saturated carbocycles. The minimum Gasteiger partial charge on any atom is -0.392 e. The van der Waals surface area contributed by atoms with Gasteiger partial charge >= 0.3 is 0 Å². The molecule has 0 radical (unpaired) electrons. The lowest BCUT2D eigenvalue weighted by Crippen LogP contribution is -2.31. The number of hydrogen-bond donors (Lipinski definition) is 2. The number of ether oxygens (including phenoxy) is 1. The van der Waals surface area contributed by atoms with Crippen LogP contribution in [0.25, 0.3) is 0 Å². The quantitative estimate of drug-likeness (QED) is 0.760. The fraction of sp³-hybridized carbons (Fsp3) is 0.571. The van der Waals surface area contributed by atoms with E-state index in [1.54, 1.807) is 7.11 Å². The molecule has 2 rings (SSSR count). The van der Waals surface area contributed by atoms with Crippen molar-refractivity contribution in [3.05, 3.63) is 29.6 Å². The Kier molecular flexibility index (Phi) is 4.98. The van der Waals surface area contributed by atoms with Crippen molar-refractivity contribution in [3.8, 4) is 0 Å². The van der Waals surface area contributed by atoms with Crippen LogP contribution in [0.5, 0.6) is 0 Å². The molecule has 0 heterocycles. The molecular weight excluding hydrogens is 297 g/mol. The summed E-state index contributed by atoms with van der Waals surface area (Å²) in [5, 5.41) is 8.91. The standard InChI is InChI=1S/C14H20FNO4S/c1-20-7-6-14(4-5-14)10-16-21(18,19)13-3-2-11(9-17)8-12(13)15/h2-3,8,16-17H,4-7,9-10H2,1H3. The van der Waals surface area contributed by atoms with E-state index >= 15 is 0 Å². The maximum atomic E-state index is 13.8. The Hall–Kier alpha value is -1.02. The SMILES string of the molecule is COCCC1(CNS(=O)(=O)c2ccc(CO)cc2F)CC1. The monoisotopic (exact) mass is 317 g/mol. The molecule has 21 heavy (non-hydrogen) atoms. The Labute approximate surface area is 124 Å². The molecule has 0 spiro atoms. The first kappa shape index (κ1) is 16.4. The zero-order valence-electron chi connectivity index (χ0n) is 11.9. The average Bonchev–Trinajstić information content (AvgIpc) is 3.23. The molecule has 0 aliphatic heterocycles. The normalized spacial score (nSPS) is 16.9. The average molecular weight is 317 g/mol. The molecule has 1 fully saturated rings.